The number of hydrogen-bond donors (Lipinski definition) is 0. The zero-order valence-electron chi connectivity index (χ0n) is 19.1. The highest BCUT2D eigenvalue weighted by Gasteiger charge is 2.28. The van der Waals surface area contributed by atoms with Crippen molar-refractivity contribution in [2.75, 3.05) is 11.6 Å². The van der Waals surface area contributed by atoms with Gasteiger partial charge in [-0.1, -0.05) is 42.0 Å². The fraction of sp³-hybridized carbons (Fsp3) is 0.154. The summed E-state index contributed by atoms with van der Waals surface area (Å²) in [6, 6.07) is 20.4. The van der Waals surface area contributed by atoms with Crippen molar-refractivity contribution >= 4 is 33.5 Å². The molecule has 0 aromatic heterocycles. The predicted molar refractivity (Wildman–Crippen MR) is 132 cm³/mol. The number of rotatable bonds is 7. The topological polar surface area (TPSA) is 85.3 Å². The summed E-state index contributed by atoms with van der Waals surface area (Å²) < 4.78 is 36.5. The van der Waals surface area contributed by atoms with Gasteiger partial charge in [0.25, 0.3) is 5.91 Å². The normalized spacial score (nSPS) is 14.9. The smallest absolute Gasteiger partial charge is 0.339 e. The standard InChI is InChI=1S/C26H24N2O5S/c1-4-32-25-17-20(12-15-24(25)33-34(30,31)22-13-10-18(2)11-14-22)16-23-19(3)27-28(26(23)29)21-8-6-5-7-9-21/h5-17H,4H2,1-3H3/b23-16-. The molecule has 0 bridgehead atoms. The molecule has 7 nitrogen and oxygen atoms in total. The van der Waals surface area contributed by atoms with Crippen LogP contribution < -0.4 is 13.9 Å². The summed E-state index contributed by atoms with van der Waals surface area (Å²) in [4.78, 5) is 13.0. The summed E-state index contributed by atoms with van der Waals surface area (Å²) in [5, 5.41) is 5.74. The van der Waals surface area contributed by atoms with Gasteiger partial charge in [-0.15, -0.1) is 0 Å². The molecule has 0 saturated heterocycles. The molecule has 1 heterocycles. The first-order chi connectivity index (χ1) is 16.3. The molecule has 3 aromatic rings. The third kappa shape index (κ3) is 4.87. The van der Waals surface area contributed by atoms with E-state index in [4.69, 9.17) is 8.92 Å². The van der Waals surface area contributed by atoms with Gasteiger partial charge in [-0.2, -0.15) is 18.5 Å². The molecule has 0 atom stereocenters. The zero-order valence-corrected chi connectivity index (χ0v) is 19.9. The number of hydrogen-bond acceptors (Lipinski definition) is 6. The molecular weight excluding hydrogens is 452 g/mol. The molecule has 0 radical (unpaired) electrons. The minimum Gasteiger partial charge on any atom is -0.490 e. The number of ether oxygens (including phenoxy) is 1. The molecule has 4 rings (SSSR count). The van der Waals surface area contributed by atoms with Crippen LogP contribution in [0.15, 0.2) is 88.4 Å². The van der Waals surface area contributed by atoms with Gasteiger partial charge in [0.1, 0.15) is 4.90 Å². The van der Waals surface area contributed by atoms with Gasteiger partial charge >= 0.3 is 10.1 Å². The highest BCUT2D eigenvalue weighted by atomic mass is 32.2. The van der Waals surface area contributed by atoms with Crippen LogP contribution in [0, 0.1) is 6.92 Å². The molecule has 3 aromatic carbocycles. The third-order valence-electron chi connectivity index (χ3n) is 5.15. The number of benzene rings is 3. The van der Waals surface area contributed by atoms with Crippen molar-refractivity contribution in [3.05, 3.63) is 89.5 Å². The second-order valence-corrected chi connectivity index (χ2v) is 9.23. The molecule has 8 heteroatoms. The lowest BCUT2D eigenvalue weighted by atomic mass is 10.1. The zero-order chi connectivity index (χ0) is 24.3. The van der Waals surface area contributed by atoms with E-state index in [0.29, 0.717) is 29.1 Å². The Labute approximate surface area is 199 Å². The van der Waals surface area contributed by atoms with E-state index in [0.717, 1.165) is 5.56 Å². The maximum absolute atomic E-state index is 13.0. The van der Waals surface area contributed by atoms with Crippen LogP contribution in [0.5, 0.6) is 11.5 Å². The molecule has 1 aliphatic heterocycles. The van der Waals surface area contributed by atoms with Gasteiger partial charge in [-0.05, 0) is 68.8 Å². The molecule has 0 unspecified atom stereocenters. The number of carbonyl (C=O) groups is 1. The fourth-order valence-corrected chi connectivity index (χ4v) is 4.36. The lowest BCUT2D eigenvalue weighted by Gasteiger charge is -2.13. The van der Waals surface area contributed by atoms with Crippen molar-refractivity contribution in [3.8, 4) is 11.5 Å². The van der Waals surface area contributed by atoms with Gasteiger partial charge in [0.15, 0.2) is 11.5 Å². The molecule has 1 amide bonds. The van der Waals surface area contributed by atoms with Crippen molar-refractivity contribution in [2.45, 2.75) is 25.7 Å². The summed E-state index contributed by atoms with van der Waals surface area (Å²) in [5.74, 6) is 0.0787. The van der Waals surface area contributed by atoms with E-state index in [9.17, 15) is 13.2 Å². The molecule has 0 aliphatic carbocycles. The number of carbonyl (C=O) groups excluding carboxylic acids is 1. The Kier molecular flexibility index (Phi) is 6.51. The van der Waals surface area contributed by atoms with E-state index in [-0.39, 0.29) is 22.3 Å². The number of hydrazone groups is 1. The summed E-state index contributed by atoms with van der Waals surface area (Å²) >= 11 is 0. The van der Waals surface area contributed by atoms with Crippen molar-refractivity contribution in [3.63, 3.8) is 0 Å². The van der Waals surface area contributed by atoms with Crippen molar-refractivity contribution in [2.24, 2.45) is 5.10 Å². The minimum absolute atomic E-state index is 0.0520. The fourth-order valence-electron chi connectivity index (χ4n) is 3.42. The van der Waals surface area contributed by atoms with Crippen LogP contribution in [0.4, 0.5) is 5.69 Å². The maximum Gasteiger partial charge on any atom is 0.339 e. The van der Waals surface area contributed by atoms with Crippen molar-refractivity contribution in [1.82, 2.24) is 0 Å². The number of para-hydroxylation sites is 1. The minimum atomic E-state index is -4.04. The Morgan fingerprint density at radius 3 is 2.32 bits per heavy atom. The average Bonchev–Trinajstić information content (AvgIpc) is 3.10. The molecule has 0 fully saturated rings. The predicted octanol–water partition coefficient (Wildman–Crippen LogP) is 4.97. The Morgan fingerprint density at radius 2 is 1.65 bits per heavy atom. The Bertz CT molecular complexity index is 1380. The third-order valence-corrected chi connectivity index (χ3v) is 6.40. The number of amides is 1. The second kappa shape index (κ2) is 9.52. The summed E-state index contributed by atoms with van der Waals surface area (Å²) in [6.07, 6.45) is 1.70. The Balaban J connectivity index is 1.63. The van der Waals surface area contributed by atoms with E-state index in [1.165, 1.54) is 23.2 Å². The number of aryl methyl sites for hydroxylation is 1. The van der Waals surface area contributed by atoms with Gasteiger partial charge < -0.3 is 8.92 Å². The van der Waals surface area contributed by atoms with Gasteiger partial charge in [0.2, 0.25) is 0 Å². The van der Waals surface area contributed by atoms with Gasteiger partial charge in [-0.3, -0.25) is 4.79 Å². The van der Waals surface area contributed by atoms with Gasteiger partial charge in [-0.25, -0.2) is 0 Å². The van der Waals surface area contributed by atoms with Crippen LogP contribution in [-0.4, -0.2) is 26.6 Å². The average molecular weight is 477 g/mol. The molecule has 0 saturated carbocycles. The maximum atomic E-state index is 13.0. The van der Waals surface area contributed by atoms with Gasteiger partial charge in [0, 0.05) is 0 Å². The van der Waals surface area contributed by atoms with E-state index in [2.05, 4.69) is 5.10 Å². The highest BCUT2D eigenvalue weighted by molar-refractivity contribution is 7.87. The van der Waals surface area contributed by atoms with Crippen molar-refractivity contribution in [1.29, 1.82) is 0 Å². The van der Waals surface area contributed by atoms with Crippen LogP contribution in [0.1, 0.15) is 25.0 Å². The molecule has 0 N–H and O–H groups in total. The summed E-state index contributed by atoms with van der Waals surface area (Å²) in [5.41, 5.74) is 3.28. The van der Waals surface area contributed by atoms with E-state index in [1.807, 2.05) is 37.3 Å². The number of anilines is 1. The molecule has 0 spiro atoms. The molecule has 1 aliphatic rings. The van der Waals surface area contributed by atoms with Crippen LogP contribution in [0.3, 0.4) is 0 Å². The van der Waals surface area contributed by atoms with Crippen LogP contribution in [-0.2, 0) is 14.9 Å². The van der Waals surface area contributed by atoms with E-state index < -0.39 is 10.1 Å². The lowest BCUT2D eigenvalue weighted by molar-refractivity contribution is -0.114. The summed E-state index contributed by atoms with van der Waals surface area (Å²) in [6.45, 7) is 5.74. The van der Waals surface area contributed by atoms with Crippen LogP contribution in [0.2, 0.25) is 0 Å². The van der Waals surface area contributed by atoms with Crippen LogP contribution >= 0.6 is 0 Å². The van der Waals surface area contributed by atoms with Gasteiger partial charge in [0.05, 0.1) is 23.6 Å². The Hall–Kier alpha value is -3.91. The van der Waals surface area contributed by atoms with E-state index in [1.54, 1.807) is 44.2 Å². The number of nitrogens with zero attached hydrogens (tertiary/aromatic N) is 2. The molecular formula is C26H24N2O5S. The first-order valence-electron chi connectivity index (χ1n) is 10.7. The molecule has 174 valence electrons. The first kappa shape index (κ1) is 23.3. The SMILES string of the molecule is CCOc1cc(/C=C2\C(=O)N(c3ccccc3)N=C2C)ccc1OS(=O)(=O)c1ccc(C)cc1. The summed E-state index contributed by atoms with van der Waals surface area (Å²) in [7, 11) is -4.04. The van der Waals surface area contributed by atoms with Crippen LogP contribution in [0.25, 0.3) is 6.08 Å². The largest absolute Gasteiger partial charge is 0.490 e. The quantitative estimate of drug-likeness (QED) is 0.355. The Morgan fingerprint density at radius 1 is 0.941 bits per heavy atom. The lowest BCUT2D eigenvalue weighted by Crippen LogP contribution is -2.21. The second-order valence-electron chi connectivity index (χ2n) is 7.69. The van der Waals surface area contributed by atoms with E-state index >= 15 is 0 Å². The molecule has 34 heavy (non-hydrogen) atoms. The first-order valence-corrected chi connectivity index (χ1v) is 12.1. The monoisotopic (exact) mass is 476 g/mol. The highest BCUT2D eigenvalue weighted by Crippen LogP contribution is 2.33. The van der Waals surface area contributed by atoms with Crippen molar-refractivity contribution < 1.29 is 22.1 Å².